The molecule has 2 atom stereocenters. The van der Waals surface area contributed by atoms with Crippen molar-refractivity contribution in [1.82, 2.24) is 9.97 Å². The average molecular weight is 267 g/mol. The summed E-state index contributed by atoms with van der Waals surface area (Å²) in [6.07, 6.45) is 0.159. The van der Waals surface area contributed by atoms with E-state index in [4.69, 9.17) is 21.4 Å². The molecule has 94 valence electrons. The third-order valence-corrected chi connectivity index (χ3v) is 3.30. The van der Waals surface area contributed by atoms with Crippen LogP contribution in [0.4, 0.5) is 0 Å². The first kappa shape index (κ1) is 11.5. The molecule has 2 heterocycles. The van der Waals surface area contributed by atoms with Crippen LogP contribution in [0.25, 0.3) is 11.0 Å². The van der Waals surface area contributed by atoms with Gasteiger partial charge in [-0.1, -0.05) is 11.6 Å². The maximum atomic E-state index is 10.8. The van der Waals surface area contributed by atoms with E-state index in [-0.39, 0.29) is 6.10 Å². The highest BCUT2D eigenvalue weighted by molar-refractivity contribution is 6.31. The zero-order valence-corrected chi connectivity index (χ0v) is 10.1. The molecule has 1 aromatic carbocycles. The number of nitrogens with zero attached hydrogens (tertiary/aromatic N) is 1. The van der Waals surface area contributed by atoms with Gasteiger partial charge in [-0.2, -0.15) is 0 Å². The zero-order valence-electron chi connectivity index (χ0n) is 9.39. The molecule has 1 fully saturated rings. The van der Waals surface area contributed by atoms with E-state index >= 15 is 0 Å². The van der Waals surface area contributed by atoms with E-state index in [0.29, 0.717) is 23.7 Å². The highest BCUT2D eigenvalue weighted by Gasteiger charge is 2.33. The molecule has 0 saturated carbocycles. The molecule has 0 aliphatic carbocycles. The molecule has 1 aliphatic rings. The minimum atomic E-state index is -0.920. The molecule has 2 N–H and O–H groups in total. The number of fused-ring (bicyclic) bond motifs is 1. The Morgan fingerprint density at radius 3 is 3.06 bits per heavy atom. The van der Waals surface area contributed by atoms with E-state index in [0.717, 1.165) is 11.0 Å². The molecule has 1 aromatic heterocycles. The molecule has 2 aromatic rings. The van der Waals surface area contributed by atoms with Crippen molar-refractivity contribution in [2.75, 3.05) is 0 Å². The summed E-state index contributed by atoms with van der Waals surface area (Å²) in [7, 11) is 0. The number of ether oxygens (including phenoxy) is 1. The summed E-state index contributed by atoms with van der Waals surface area (Å²) in [5, 5.41) is 9.51. The fourth-order valence-electron chi connectivity index (χ4n) is 2.17. The number of hydrogen-bond donors (Lipinski definition) is 2. The number of halogens is 1. The molecule has 0 bridgehead atoms. The SMILES string of the molecule is O=C(O)C1CCC(c2nc3ccc(Cl)cc3[nH]2)O1. The molecule has 2 unspecified atom stereocenters. The topological polar surface area (TPSA) is 75.2 Å². The Hall–Kier alpha value is -1.59. The quantitative estimate of drug-likeness (QED) is 0.876. The number of hydrogen-bond acceptors (Lipinski definition) is 3. The molecule has 6 heteroatoms. The molecule has 18 heavy (non-hydrogen) atoms. The summed E-state index contributed by atoms with van der Waals surface area (Å²) in [5.74, 6) is -0.257. The number of aliphatic carboxylic acids is 1. The third-order valence-electron chi connectivity index (χ3n) is 3.06. The lowest BCUT2D eigenvalue weighted by Gasteiger charge is -2.07. The number of carbonyl (C=O) groups is 1. The lowest BCUT2D eigenvalue weighted by atomic mass is 10.2. The molecular weight excluding hydrogens is 256 g/mol. The standard InChI is InChI=1S/C12H11ClN2O3/c13-6-1-2-7-8(5-6)15-11(14-7)9-3-4-10(18-9)12(16)17/h1-2,5,9-10H,3-4H2,(H,14,15)(H,16,17). The highest BCUT2D eigenvalue weighted by Crippen LogP contribution is 2.32. The van der Waals surface area contributed by atoms with Crippen molar-refractivity contribution >= 4 is 28.6 Å². The van der Waals surface area contributed by atoms with Crippen LogP contribution in [0.3, 0.4) is 0 Å². The minimum Gasteiger partial charge on any atom is -0.479 e. The first-order chi connectivity index (χ1) is 8.63. The van der Waals surface area contributed by atoms with Gasteiger partial charge in [0.1, 0.15) is 11.9 Å². The molecule has 1 saturated heterocycles. The Labute approximate surface area is 108 Å². The third kappa shape index (κ3) is 1.95. The Balaban J connectivity index is 1.89. The van der Waals surface area contributed by atoms with E-state index in [1.165, 1.54) is 0 Å². The van der Waals surface area contributed by atoms with Crippen LogP contribution in [0, 0.1) is 0 Å². The molecule has 0 amide bonds. The number of H-pyrrole nitrogens is 1. The molecule has 0 radical (unpaired) electrons. The van der Waals surface area contributed by atoms with Crippen LogP contribution in [-0.2, 0) is 9.53 Å². The van der Waals surface area contributed by atoms with Crippen molar-refractivity contribution in [2.45, 2.75) is 25.0 Å². The number of benzene rings is 1. The molecule has 1 aliphatic heterocycles. The van der Waals surface area contributed by atoms with E-state index in [9.17, 15) is 4.79 Å². The average Bonchev–Trinajstić information content (AvgIpc) is 2.93. The van der Waals surface area contributed by atoms with Gasteiger partial charge in [0.25, 0.3) is 0 Å². The molecular formula is C12H11ClN2O3. The lowest BCUT2D eigenvalue weighted by Crippen LogP contribution is -2.18. The van der Waals surface area contributed by atoms with Crippen LogP contribution >= 0.6 is 11.6 Å². The predicted octanol–water partition coefficient (Wildman–Crippen LogP) is 2.52. The highest BCUT2D eigenvalue weighted by atomic mass is 35.5. The Bertz CT molecular complexity index is 610. The van der Waals surface area contributed by atoms with Gasteiger partial charge >= 0.3 is 5.97 Å². The van der Waals surface area contributed by atoms with Crippen LogP contribution in [-0.4, -0.2) is 27.1 Å². The molecule has 5 nitrogen and oxygen atoms in total. The summed E-state index contributed by atoms with van der Waals surface area (Å²) in [4.78, 5) is 18.3. The number of carboxylic acid groups (broad SMARTS) is 1. The molecule has 3 rings (SSSR count). The Morgan fingerprint density at radius 1 is 1.50 bits per heavy atom. The number of carboxylic acids is 1. The minimum absolute atomic E-state index is 0.280. The van der Waals surface area contributed by atoms with Crippen LogP contribution < -0.4 is 0 Å². The smallest absolute Gasteiger partial charge is 0.332 e. The summed E-state index contributed by atoms with van der Waals surface area (Å²) in [6.45, 7) is 0. The van der Waals surface area contributed by atoms with Gasteiger partial charge in [0.05, 0.1) is 11.0 Å². The largest absolute Gasteiger partial charge is 0.479 e. The van der Waals surface area contributed by atoms with Gasteiger partial charge in [-0.15, -0.1) is 0 Å². The van der Waals surface area contributed by atoms with E-state index in [1.807, 2.05) is 6.07 Å². The maximum Gasteiger partial charge on any atom is 0.332 e. The van der Waals surface area contributed by atoms with Crippen LogP contribution in [0.5, 0.6) is 0 Å². The first-order valence-electron chi connectivity index (χ1n) is 5.67. The number of aromatic nitrogens is 2. The van der Waals surface area contributed by atoms with Gasteiger partial charge < -0.3 is 14.8 Å². The van der Waals surface area contributed by atoms with Crippen molar-refractivity contribution < 1.29 is 14.6 Å². The van der Waals surface area contributed by atoms with Crippen LogP contribution in [0.1, 0.15) is 24.8 Å². The molecule has 0 spiro atoms. The van der Waals surface area contributed by atoms with Crippen molar-refractivity contribution in [1.29, 1.82) is 0 Å². The fourth-order valence-corrected chi connectivity index (χ4v) is 2.35. The van der Waals surface area contributed by atoms with Crippen LogP contribution in [0.15, 0.2) is 18.2 Å². The van der Waals surface area contributed by atoms with Crippen molar-refractivity contribution in [3.05, 3.63) is 29.0 Å². The number of aromatic amines is 1. The summed E-state index contributed by atoms with van der Waals surface area (Å²) in [5.41, 5.74) is 1.64. The number of rotatable bonds is 2. The van der Waals surface area contributed by atoms with Crippen LogP contribution in [0.2, 0.25) is 5.02 Å². The fraction of sp³-hybridized carbons (Fsp3) is 0.333. The van der Waals surface area contributed by atoms with Gasteiger partial charge in [-0.3, -0.25) is 0 Å². The summed E-state index contributed by atoms with van der Waals surface area (Å²) in [6, 6.07) is 5.38. The van der Waals surface area contributed by atoms with Gasteiger partial charge in [0.2, 0.25) is 0 Å². The lowest BCUT2D eigenvalue weighted by molar-refractivity contribution is -0.149. The van der Waals surface area contributed by atoms with Gasteiger partial charge in [0, 0.05) is 5.02 Å². The second-order valence-electron chi connectivity index (χ2n) is 4.31. The Morgan fingerprint density at radius 2 is 2.33 bits per heavy atom. The van der Waals surface area contributed by atoms with Crippen molar-refractivity contribution in [2.24, 2.45) is 0 Å². The number of imidazole rings is 1. The van der Waals surface area contributed by atoms with E-state index < -0.39 is 12.1 Å². The zero-order chi connectivity index (χ0) is 12.7. The number of nitrogens with one attached hydrogen (secondary N) is 1. The summed E-state index contributed by atoms with van der Waals surface area (Å²) >= 11 is 5.90. The van der Waals surface area contributed by atoms with Gasteiger partial charge in [0.15, 0.2) is 6.10 Å². The van der Waals surface area contributed by atoms with E-state index in [1.54, 1.807) is 12.1 Å². The first-order valence-corrected chi connectivity index (χ1v) is 6.05. The van der Waals surface area contributed by atoms with Crippen molar-refractivity contribution in [3.8, 4) is 0 Å². The monoisotopic (exact) mass is 266 g/mol. The Kier molecular flexibility index (Phi) is 2.72. The van der Waals surface area contributed by atoms with E-state index in [2.05, 4.69) is 9.97 Å². The second kappa shape index (κ2) is 4.26. The van der Waals surface area contributed by atoms with Crippen molar-refractivity contribution in [3.63, 3.8) is 0 Å². The second-order valence-corrected chi connectivity index (χ2v) is 4.75. The maximum absolute atomic E-state index is 10.8. The summed E-state index contributed by atoms with van der Waals surface area (Å²) < 4.78 is 5.44. The predicted molar refractivity (Wildman–Crippen MR) is 65.6 cm³/mol. The van der Waals surface area contributed by atoms with Gasteiger partial charge in [-0.25, -0.2) is 9.78 Å². The van der Waals surface area contributed by atoms with Gasteiger partial charge in [-0.05, 0) is 31.0 Å². The normalized spacial score (nSPS) is 23.6.